The maximum absolute atomic E-state index is 8.97. The van der Waals surface area contributed by atoms with Gasteiger partial charge in [0.05, 0.1) is 5.56 Å². The van der Waals surface area contributed by atoms with Gasteiger partial charge in [0, 0.05) is 11.6 Å². The van der Waals surface area contributed by atoms with E-state index in [2.05, 4.69) is 18.0 Å². The van der Waals surface area contributed by atoms with Crippen molar-refractivity contribution in [1.82, 2.24) is 4.98 Å². The first-order valence-corrected chi connectivity index (χ1v) is 5.15. The zero-order valence-corrected chi connectivity index (χ0v) is 8.56. The van der Waals surface area contributed by atoms with Crippen molar-refractivity contribution in [3.63, 3.8) is 0 Å². The Kier molecular flexibility index (Phi) is 2.10. The molecule has 2 N–H and O–H groups in total. The zero-order chi connectivity index (χ0) is 10.1. The summed E-state index contributed by atoms with van der Waals surface area (Å²) in [6, 6.07) is 4.08. The van der Waals surface area contributed by atoms with Gasteiger partial charge in [-0.1, -0.05) is 18.3 Å². The lowest BCUT2D eigenvalue weighted by Crippen LogP contribution is -1.87. The number of aryl methyl sites for hydroxylation is 1. The molecule has 14 heavy (non-hydrogen) atoms. The number of pyridine rings is 1. The van der Waals surface area contributed by atoms with Crippen LogP contribution in [0, 0.1) is 11.3 Å². The Bertz CT molecular complexity index is 522. The van der Waals surface area contributed by atoms with E-state index < -0.39 is 0 Å². The van der Waals surface area contributed by atoms with Gasteiger partial charge in [-0.2, -0.15) is 5.26 Å². The molecule has 0 aliphatic carbocycles. The predicted molar refractivity (Wildman–Crippen MR) is 58.1 cm³/mol. The van der Waals surface area contributed by atoms with E-state index >= 15 is 0 Å². The molecule has 70 valence electrons. The van der Waals surface area contributed by atoms with Crippen molar-refractivity contribution < 1.29 is 0 Å². The number of nitrogens with two attached hydrogens (primary N) is 1. The van der Waals surface area contributed by atoms with Gasteiger partial charge in [0.1, 0.15) is 15.9 Å². The lowest BCUT2D eigenvalue weighted by molar-refractivity contribution is 1.15. The van der Waals surface area contributed by atoms with Gasteiger partial charge in [0.2, 0.25) is 0 Å². The first-order chi connectivity index (χ1) is 6.77. The lowest BCUT2D eigenvalue weighted by Gasteiger charge is -1.97. The van der Waals surface area contributed by atoms with Crippen molar-refractivity contribution in [1.29, 1.82) is 5.26 Å². The van der Waals surface area contributed by atoms with Crippen LogP contribution in [0.4, 0.5) is 5.00 Å². The minimum atomic E-state index is 0.566. The molecule has 0 aliphatic rings. The summed E-state index contributed by atoms with van der Waals surface area (Å²) in [5.74, 6) is 0. The van der Waals surface area contributed by atoms with Crippen molar-refractivity contribution in [2.45, 2.75) is 13.3 Å². The van der Waals surface area contributed by atoms with E-state index in [9.17, 15) is 0 Å². The summed E-state index contributed by atoms with van der Waals surface area (Å²) in [6.45, 7) is 2.06. The Morgan fingerprint density at radius 3 is 3.07 bits per heavy atom. The van der Waals surface area contributed by atoms with Gasteiger partial charge in [-0.3, -0.25) is 0 Å². The molecule has 2 aromatic rings. The maximum Gasteiger partial charge on any atom is 0.126 e. The molecule has 2 aromatic heterocycles. The van der Waals surface area contributed by atoms with Crippen molar-refractivity contribution in [3.8, 4) is 6.07 Å². The van der Waals surface area contributed by atoms with Gasteiger partial charge in [-0.05, 0) is 18.1 Å². The summed E-state index contributed by atoms with van der Waals surface area (Å²) >= 11 is 1.38. The molecule has 0 unspecified atom stereocenters. The van der Waals surface area contributed by atoms with E-state index in [4.69, 9.17) is 11.0 Å². The molecule has 0 saturated carbocycles. The van der Waals surface area contributed by atoms with Crippen LogP contribution in [0.2, 0.25) is 0 Å². The first-order valence-electron chi connectivity index (χ1n) is 4.34. The highest BCUT2D eigenvalue weighted by atomic mass is 32.1. The monoisotopic (exact) mass is 203 g/mol. The molecule has 2 rings (SSSR count). The van der Waals surface area contributed by atoms with E-state index in [0.717, 1.165) is 22.2 Å². The van der Waals surface area contributed by atoms with Crippen LogP contribution in [0.1, 0.15) is 18.1 Å². The van der Waals surface area contributed by atoms with Gasteiger partial charge in [-0.15, -0.1) is 0 Å². The van der Waals surface area contributed by atoms with Gasteiger partial charge in [0.15, 0.2) is 0 Å². The normalized spacial score (nSPS) is 10.3. The second-order valence-electron chi connectivity index (χ2n) is 2.96. The Morgan fingerprint density at radius 1 is 1.64 bits per heavy atom. The van der Waals surface area contributed by atoms with Crippen LogP contribution >= 0.6 is 11.3 Å². The van der Waals surface area contributed by atoms with Crippen LogP contribution in [0.25, 0.3) is 10.2 Å². The number of thiophene rings is 1. The molecular weight excluding hydrogens is 194 g/mol. The Morgan fingerprint density at radius 2 is 2.43 bits per heavy atom. The molecule has 0 aliphatic heterocycles. The van der Waals surface area contributed by atoms with Crippen LogP contribution in [-0.4, -0.2) is 4.98 Å². The fourth-order valence-electron chi connectivity index (χ4n) is 1.51. The molecule has 0 amide bonds. The van der Waals surface area contributed by atoms with E-state index in [1.807, 2.05) is 6.07 Å². The number of aromatic nitrogens is 1. The van der Waals surface area contributed by atoms with Crippen LogP contribution < -0.4 is 5.73 Å². The van der Waals surface area contributed by atoms with E-state index in [-0.39, 0.29) is 0 Å². The number of fused-ring (bicyclic) bond motifs is 1. The Hall–Kier alpha value is -1.60. The zero-order valence-electron chi connectivity index (χ0n) is 7.74. The second-order valence-corrected chi connectivity index (χ2v) is 3.99. The number of nitrogen functional groups attached to an aromatic ring is 1. The van der Waals surface area contributed by atoms with E-state index in [1.165, 1.54) is 11.3 Å². The minimum Gasteiger partial charge on any atom is -0.389 e. The number of rotatable bonds is 1. The predicted octanol–water partition coefficient (Wildman–Crippen LogP) is 2.31. The third kappa shape index (κ3) is 1.14. The van der Waals surface area contributed by atoms with E-state index in [0.29, 0.717) is 10.6 Å². The van der Waals surface area contributed by atoms with Gasteiger partial charge < -0.3 is 5.73 Å². The topological polar surface area (TPSA) is 62.7 Å². The Balaban J connectivity index is 2.91. The largest absolute Gasteiger partial charge is 0.389 e. The molecule has 0 fully saturated rings. The van der Waals surface area contributed by atoms with Crippen molar-refractivity contribution in [2.24, 2.45) is 0 Å². The number of hydrogen-bond donors (Lipinski definition) is 1. The SMILES string of the molecule is CCc1ccnc2sc(N)c(C#N)c12. The van der Waals surface area contributed by atoms with E-state index in [1.54, 1.807) is 6.20 Å². The summed E-state index contributed by atoms with van der Waals surface area (Å²) in [5, 5.41) is 10.5. The molecule has 2 heterocycles. The quantitative estimate of drug-likeness (QED) is 0.773. The number of hydrogen-bond acceptors (Lipinski definition) is 4. The minimum absolute atomic E-state index is 0.566. The number of nitrogens with zero attached hydrogens (tertiary/aromatic N) is 2. The number of nitriles is 1. The van der Waals surface area contributed by atoms with Crippen molar-refractivity contribution >= 4 is 26.6 Å². The highest BCUT2D eigenvalue weighted by molar-refractivity contribution is 7.22. The molecule has 0 bridgehead atoms. The third-order valence-corrected chi connectivity index (χ3v) is 3.13. The van der Waals surface area contributed by atoms with Crippen LogP contribution in [0.5, 0.6) is 0 Å². The highest BCUT2D eigenvalue weighted by Crippen LogP contribution is 2.33. The summed E-state index contributed by atoms with van der Waals surface area (Å²) in [6.07, 6.45) is 2.65. The standard InChI is InChI=1S/C10H9N3S/c1-2-6-3-4-13-10-8(6)7(5-11)9(12)14-10/h3-4H,2,12H2,1H3. The molecule has 0 saturated heterocycles. The van der Waals surface area contributed by atoms with Crippen LogP contribution in [0.15, 0.2) is 12.3 Å². The first kappa shape index (κ1) is 8.97. The molecule has 0 radical (unpaired) electrons. The summed E-state index contributed by atoms with van der Waals surface area (Å²) in [4.78, 5) is 5.07. The number of anilines is 1. The molecule has 0 aromatic carbocycles. The van der Waals surface area contributed by atoms with Gasteiger partial charge in [-0.25, -0.2) is 4.98 Å². The fourth-order valence-corrected chi connectivity index (χ4v) is 2.42. The average molecular weight is 203 g/mol. The smallest absolute Gasteiger partial charge is 0.126 e. The third-order valence-electron chi connectivity index (χ3n) is 2.20. The summed E-state index contributed by atoms with van der Waals surface area (Å²) < 4.78 is 0. The molecule has 4 heteroatoms. The summed E-state index contributed by atoms with van der Waals surface area (Å²) in [7, 11) is 0. The highest BCUT2D eigenvalue weighted by Gasteiger charge is 2.12. The fraction of sp³-hybridized carbons (Fsp3) is 0.200. The molecule has 0 spiro atoms. The van der Waals surface area contributed by atoms with Gasteiger partial charge in [0.25, 0.3) is 0 Å². The van der Waals surface area contributed by atoms with Crippen LogP contribution in [-0.2, 0) is 6.42 Å². The maximum atomic E-state index is 8.97. The molecule has 3 nitrogen and oxygen atoms in total. The average Bonchev–Trinajstić information content (AvgIpc) is 2.52. The van der Waals surface area contributed by atoms with Gasteiger partial charge >= 0.3 is 0 Å². The molecule has 0 atom stereocenters. The summed E-state index contributed by atoms with van der Waals surface area (Å²) in [5.41, 5.74) is 7.46. The van der Waals surface area contributed by atoms with Crippen molar-refractivity contribution in [3.05, 3.63) is 23.4 Å². The Labute approximate surface area is 85.8 Å². The molecular formula is C10H9N3S. The second kappa shape index (κ2) is 3.28. The van der Waals surface area contributed by atoms with Crippen molar-refractivity contribution in [2.75, 3.05) is 5.73 Å². The lowest BCUT2D eigenvalue weighted by atomic mass is 10.1. The van der Waals surface area contributed by atoms with Crippen LogP contribution in [0.3, 0.4) is 0 Å².